The Bertz CT molecular complexity index is 620. The molecule has 1 saturated carbocycles. The van der Waals surface area contributed by atoms with Crippen molar-refractivity contribution in [2.24, 2.45) is 5.92 Å². The van der Waals surface area contributed by atoms with Gasteiger partial charge in [-0.2, -0.15) is 0 Å². The average Bonchev–Trinajstić information content (AvgIpc) is 2.69. The molecule has 2 heteroatoms. The predicted octanol–water partition coefficient (Wildman–Crippen LogP) is 5.76. The van der Waals surface area contributed by atoms with E-state index in [1.54, 1.807) is 0 Å². The van der Waals surface area contributed by atoms with E-state index in [-0.39, 0.29) is 0 Å². The molecule has 0 heterocycles. The number of benzene rings is 2. The van der Waals surface area contributed by atoms with E-state index in [4.69, 9.17) is 4.74 Å². The summed E-state index contributed by atoms with van der Waals surface area (Å²) in [6.45, 7) is 3.96. The smallest absolute Gasteiger partial charge is 0.119 e. The van der Waals surface area contributed by atoms with Crippen LogP contribution in [-0.4, -0.2) is 12.6 Å². The third kappa shape index (κ3) is 6.17. The fourth-order valence-electron chi connectivity index (χ4n) is 4.12. The summed E-state index contributed by atoms with van der Waals surface area (Å²) >= 11 is 0. The van der Waals surface area contributed by atoms with Crippen LogP contribution in [0, 0.1) is 5.92 Å². The second-order valence-corrected chi connectivity index (χ2v) is 7.60. The van der Waals surface area contributed by atoms with E-state index in [1.807, 2.05) is 6.07 Å². The minimum Gasteiger partial charge on any atom is -0.489 e. The molecule has 2 aromatic rings. The highest BCUT2D eigenvalue weighted by Gasteiger charge is 2.20. The van der Waals surface area contributed by atoms with E-state index >= 15 is 0 Å². The summed E-state index contributed by atoms with van der Waals surface area (Å²) in [4.78, 5) is 0. The van der Waals surface area contributed by atoms with Crippen molar-refractivity contribution in [3.63, 3.8) is 0 Å². The van der Waals surface area contributed by atoms with Gasteiger partial charge in [0.05, 0.1) is 0 Å². The molecule has 26 heavy (non-hydrogen) atoms. The van der Waals surface area contributed by atoms with Crippen LogP contribution in [0.1, 0.15) is 56.6 Å². The van der Waals surface area contributed by atoms with E-state index in [9.17, 15) is 0 Å². The van der Waals surface area contributed by atoms with Crippen LogP contribution in [0.15, 0.2) is 54.6 Å². The highest BCUT2D eigenvalue weighted by atomic mass is 16.5. The van der Waals surface area contributed by atoms with E-state index in [2.05, 4.69) is 60.8 Å². The van der Waals surface area contributed by atoms with Crippen molar-refractivity contribution in [1.82, 2.24) is 5.32 Å². The Kier molecular flexibility index (Phi) is 7.57. The summed E-state index contributed by atoms with van der Waals surface area (Å²) in [5.74, 6) is 1.87. The lowest BCUT2D eigenvalue weighted by molar-refractivity contribution is 0.272. The van der Waals surface area contributed by atoms with Crippen LogP contribution < -0.4 is 10.1 Å². The summed E-state index contributed by atoms with van der Waals surface area (Å²) in [6.07, 6.45) is 9.42. The maximum absolute atomic E-state index is 5.87. The zero-order valence-electron chi connectivity index (χ0n) is 16.1. The topological polar surface area (TPSA) is 21.3 Å². The lowest BCUT2D eigenvalue weighted by Crippen LogP contribution is -2.33. The van der Waals surface area contributed by atoms with Gasteiger partial charge in [-0.1, -0.05) is 68.7 Å². The quantitative estimate of drug-likeness (QED) is 0.620. The fraction of sp³-hybridized carbons (Fsp3) is 0.500. The molecule has 0 saturated heterocycles. The van der Waals surface area contributed by atoms with Gasteiger partial charge < -0.3 is 10.1 Å². The van der Waals surface area contributed by atoms with Crippen molar-refractivity contribution >= 4 is 0 Å². The van der Waals surface area contributed by atoms with Crippen molar-refractivity contribution in [3.05, 3.63) is 65.7 Å². The number of nitrogens with one attached hydrogen (secondary N) is 1. The maximum Gasteiger partial charge on any atom is 0.119 e. The van der Waals surface area contributed by atoms with Gasteiger partial charge in [0.15, 0.2) is 0 Å². The van der Waals surface area contributed by atoms with Crippen molar-refractivity contribution in [2.45, 2.75) is 64.5 Å². The van der Waals surface area contributed by atoms with E-state index in [1.165, 1.54) is 56.1 Å². The standard InChI is InChI=1S/C24H33NO/c1-2-25-23-13-7-12-21(18-23)11-6-10-20-14-16-24(17-15-20)26-19-22-8-4-3-5-9-22/h3-5,8-9,14-17,21,23,25H,2,6-7,10-13,18-19H2,1H3. The molecule has 2 unspecified atom stereocenters. The van der Waals surface area contributed by atoms with E-state index in [0.29, 0.717) is 6.61 Å². The van der Waals surface area contributed by atoms with Gasteiger partial charge >= 0.3 is 0 Å². The number of aryl methyl sites for hydroxylation is 1. The van der Waals surface area contributed by atoms with Crippen molar-refractivity contribution in [2.75, 3.05) is 6.54 Å². The summed E-state index contributed by atoms with van der Waals surface area (Å²) in [6, 6.07) is 19.8. The molecule has 3 rings (SSSR count). The fourth-order valence-corrected chi connectivity index (χ4v) is 4.12. The van der Waals surface area contributed by atoms with E-state index in [0.717, 1.165) is 24.3 Å². The summed E-state index contributed by atoms with van der Waals surface area (Å²) in [7, 11) is 0. The van der Waals surface area contributed by atoms with Crippen LogP contribution in [0.5, 0.6) is 5.75 Å². The molecular weight excluding hydrogens is 318 g/mol. The molecule has 0 spiro atoms. The zero-order valence-corrected chi connectivity index (χ0v) is 16.1. The Balaban J connectivity index is 1.37. The summed E-state index contributed by atoms with van der Waals surface area (Å²) in [5, 5.41) is 3.64. The van der Waals surface area contributed by atoms with Gasteiger partial charge in [-0.15, -0.1) is 0 Å². The Hall–Kier alpha value is -1.80. The number of ether oxygens (including phenoxy) is 1. The van der Waals surface area contributed by atoms with Crippen molar-refractivity contribution in [1.29, 1.82) is 0 Å². The summed E-state index contributed by atoms with van der Waals surface area (Å²) < 4.78 is 5.87. The molecule has 0 amide bonds. The van der Waals surface area contributed by atoms with Gasteiger partial charge in [0.25, 0.3) is 0 Å². The molecule has 2 atom stereocenters. The predicted molar refractivity (Wildman–Crippen MR) is 110 cm³/mol. The third-order valence-electron chi connectivity index (χ3n) is 5.53. The van der Waals surface area contributed by atoms with Gasteiger partial charge in [0.1, 0.15) is 12.4 Å². The third-order valence-corrected chi connectivity index (χ3v) is 5.53. The molecule has 0 bridgehead atoms. The van der Waals surface area contributed by atoms with Crippen molar-refractivity contribution < 1.29 is 4.74 Å². The van der Waals surface area contributed by atoms with Crippen LogP contribution in [0.3, 0.4) is 0 Å². The second kappa shape index (κ2) is 10.4. The first-order valence-electron chi connectivity index (χ1n) is 10.3. The zero-order chi connectivity index (χ0) is 18.0. The lowest BCUT2D eigenvalue weighted by atomic mass is 9.82. The minimum atomic E-state index is 0.634. The molecule has 0 aliphatic heterocycles. The van der Waals surface area contributed by atoms with Crippen LogP contribution in [0.2, 0.25) is 0 Å². The first-order chi connectivity index (χ1) is 12.8. The molecule has 2 aromatic carbocycles. The van der Waals surface area contributed by atoms with Gasteiger partial charge in [0.2, 0.25) is 0 Å². The molecule has 2 nitrogen and oxygen atoms in total. The molecule has 1 aliphatic carbocycles. The van der Waals surface area contributed by atoms with Gasteiger partial charge in [-0.3, -0.25) is 0 Å². The SMILES string of the molecule is CCNC1CCCC(CCCc2ccc(OCc3ccccc3)cc2)C1. The van der Waals surface area contributed by atoms with Crippen LogP contribution in [-0.2, 0) is 13.0 Å². The molecule has 140 valence electrons. The number of hydrogen-bond acceptors (Lipinski definition) is 2. The van der Waals surface area contributed by atoms with Crippen molar-refractivity contribution in [3.8, 4) is 5.75 Å². The summed E-state index contributed by atoms with van der Waals surface area (Å²) in [5.41, 5.74) is 2.64. The molecule has 1 aliphatic rings. The van der Waals surface area contributed by atoms with Crippen LogP contribution in [0.4, 0.5) is 0 Å². The normalized spacial score (nSPS) is 20.0. The minimum absolute atomic E-state index is 0.634. The first-order valence-corrected chi connectivity index (χ1v) is 10.3. The molecular formula is C24H33NO. The highest BCUT2D eigenvalue weighted by molar-refractivity contribution is 5.27. The largest absolute Gasteiger partial charge is 0.489 e. The number of rotatable bonds is 9. The Morgan fingerprint density at radius 1 is 0.962 bits per heavy atom. The second-order valence-electron chi connectivity index (χ2n) is 7.60. The van der Waals surface area contributed by atoms with Gasteiger partial charge in [-0.25, -0.2) is 0 Å². The highest BCUT2D eigenvalue weighted by Crippen LogP contribution is 2.28. The Labute approximate surface area is 159 Å². The van der Waals surface area contributed by atoms with Gasteiger partial charge in [-0.05, 0) is 61.4 Å². The lowest BCUT2D eigenvalue weighted by Gasteiger charge is -2.29. The van der Waals surface area contributed by atoms with Crippen LogP contribution >= 0.6 is 0 Å². The van der Waals surface area contributed by atoms with Gasteiger partial charge in [0, 0.05) is 6.04 Å². The first kappa shape index (κ1) is 19.0. The van der Waals surface area contributed by atoms with E-state index < -0.39 is 0 Å². The average molecular weight is 352 g/mol. The molecule has 1 N–H and O–H groups in total. The van der Waals surface area contributed by atoms with Crippen LogP contribution in [0.25, 0.3) is 0 Å². The maximum atomic E-state index is 5.87. The molecule has 0 radical (unpaired) electrons. The Morgan fingerprint density at radius 2 is 1.77 bits per heavy atom. The molecule has 0 aromatic heterocycles. The Morgan fingerprint density at radius 3 is 2.54 bits per heavy atom. The number of hydrogen-bond donors (Lipinski definition) is 1. The monoisotopic (exact) mass is 351 g/mol. The molecule has 1 fully saturated rings.